The van der Waals surface area contributed by atoms with Crippen molar-refractivity contribution in [3.8, 4) is 5.69 Å². The molecule has 0 bridgehead atoms. The molecule has 31 heavy (non-hydrogen) atoms. The summed E-state index contributed by atoms with van der Waals surface area (Å²) in [6.45, 7) is 7.35. The van der Waals surface area contributed by atoms with E-state index in [1.165, 1.54) is 27.2 Å². The first-order chi connectivity index (χ1) is 14.8. The Hall–Kier alpha value is -2.71. The molecule has 1 fully saturated rings. The first kappa shape index (κ1) is 21.5. The fraction of sp³-hybridized carbons (Fsp3) is 0.364. The van der Waals surface area contributed by atoms with Gasteiger partial charge in [-0.3, -0.25) is 9.59 Å². The Bertz CT molecular complexity index is 1120. The van der Waals surface area contributed by atoms with Crippen molar-refractivity contribution in [3.63, 3.8) is 0 Å². The number of amides is 2. The number of nitrogens with zero attached hydrogens (tertiary/aromatic N) is 5. The minimum Gasteiger partial charge on any atom is -0.334 e. The summed E-state index contributed by atoms with van der Waals surface area (Å²) >= 11 is 7.58. The van der Waals surface area contributed by atoms with Gasteiger partial charge in [0.1, 0.15) is 6.33 Å². The molecule has 3 heterocycles. The maximum absolute atomic E-state index is 13.2. The third kappa shape index (κ3) is 4.36. The number of aromatic nitrogens is 3. The van der Waals surface area contributed by atoms with Crippen LogP contribution in [0.2, 0.25) is 5.02 Å². The molecular formula is C22H24ClN5O2S. The SMILES string of the molecule is CCc1ccc(C(=O)N2CCN(C(=O)c3ncn(-c4cccc(Cl)c4)n3)C(C)(C)C2)s1. The second-order valence-electron chi connectivity index (χ2n) is 8.11. The Morgan fingerprint density at radius 1 is 1.16 bits per heavy atom. The highest BCUT2D eigenvalue weighted by Crippen LogP contribution is 2.26. The van der Waals surface area contributed by atoms with Gasteiger partial charge in [0.05, 0.1) is 16.1 Å². The van der Waals surface area contributed by atoms with Gasteiger partial charge in [-0.05, 0) is 50.6 Å². The van der Waals surface area contributed by atoms with Gasteiger partial charge in [-0.25, -0.2) is 9.67 Å². The molecule has 4 rings (SSSR count). The molecule has 1 aliphatic heterocycles. The van der Waals surface area contributed by atoms with Crippen LogP contribution in [0.15, 0.2) is 42.7 Å². The molecule has 7 nitrogen and oxygen atoms in total. The maximum Gasteiger partial charge on any atom is 0.294 e. The number of piperazine rings is 1. The van der Waals surface area contributed by atoms with Crippen molar-refractivity contribution < 1.29 is 9.59 Å². The number of carbonyl (C=O) groups excluding carboxylic acids is 2. The normalized spacial score (nSPS) is 15.9. The topological polar surface area (TPSA) is 71.3 Å². The average Bonchev–Trinajstić information content (AvgIpc) is 3.42. The summed E-state index contributed by atoms with van der Waals surface area (Å²) in [5.74, 6) is -0.103. The number of carbonyl (C=O) groups is 2. The Morgan fingerprint density at radius 2 is 1.97 bits per heavy atom. The summed E-state index contributed by atoms with van der Waals surface area (Å²) < 4.78 is 1.54. The zero-order valence-electron chi connectivity index (χ0n) is 17.7. The lowest BCUT2D eigenvalue weighted by molar-refractivity contribution is 0.0162. The number of benzene rings is 1. The highest BCUT2D eigenvalue weighted by Gasteiger charge is 2.40. The van der Waals surface area contributed by atoms with Crippen LogP contribution in [0, 0.1) is 0 Å². The molecule has 0 saturated carbocycles. The number of halogens is 1. The number of rotatable bonds is 4. The Balaban J connectivity index is 1.48. The summed E-state index contributed by atoms with van der Waals surface area (Å²) in [5, 5.41) is 4.94. The van der Waals surface area contributed by atoms with E-state index in [2.05, 4.69) is 17.0 Å². The predicted octanol–water partition coefficient (Wildman–Crippen LogP) is 3.92. The summed E-state index contributed by atoms with van der Waals surface area (Å²) in [6, 6.07) is 11.1. The van der Waals surface area contributed by atoms with Gasteiger partial charge >= 0.3 is 0 Å². The van der Waals surface area contributed by atoms with Crippen LogP contribution in [-0.2, 0) is 6.42 Å². The Labute approximate surface area is 190 Å². The number of thiophene rings is 1. The molecule has 0 atom stereocenters. The van der Waals surface area contributed by atoms with Crippen molar-refractivity contribution >= 4 is 34.8 Å². The van der Waals surface area contributed by atoms with E-state index in [9.17, 15) is 9.59 Å². The van der Waals surface area contributed by atoms with Gasteiger partial charge in [-0.2, -0.15) is 0 Å². The molecule has 1 saturated heterocycles. The zero-order valence-corrected chi connectivity index (χ0v) is 19.3. The van der Waals surface area contributed by atoms with Crippen LogP contribution in [-0.4, -0.2) is 61.6 Å². The van der Waals surface area contributed by atoms with Crippen LogP contribution in [0.3, 0.4) is 0 Å². The molecule has 1 aromatic carbocycles. The summed E-state index contributed by atoms with van der Waals surface area (Å²) in [4.78, 5) is 35.9. The van der Waals surface area contributed by atoms with E-state index in [1.807, 2.05) is 43.0 Å². The third-order valence-corrected chi connectivity index (χ3v) is 6.86. The van der Waals surface area contributed by atoms with Crippen molar-refractivity contribution in [2.45, 2.75) is 32.7 Å². The molecule has 2 amide bonds. The fourth-order valence-electron chi connectivity index (χ4n) is 3.77. The molecule has 0 spiro atoms. The third-order valence-electron chi connectivity index (χ3n) is 5.41. The second-order valence-corrected chi connectivity index (χ2v) is 9.71. The Kier molecular flexibility index (Phi) is 5.85. The first-order valence-electron chi connectivity index (χ1n) is 10.2. The van der Waals surface area contributed by atoms with Gasteiger partial charge in [0.2, 0.25) is 5.82 Å². The summed E-state index contributed by atoms with van der Waals surface area (Å²) in [6.07, 6.45) is 2.42. The first-order valence-corrected chi connectivity index (χ1v) is 11.4. The standard InChI is InChI=1S/C22H24ClN5O2S/c1-4-17-8-9-18(31-17)20(29)26-10-11-27(22(2,3)13-26)21(30)19-24-14-28(25-19)16-7-5-6-15(23)12-16/h5-9,12,14H,4,10-11,13H2,1-3H3. The van der Waals surface area contributed by atoms with Crippen molar-refractivity contribution in [3.05, 3.63) is 63.3 Å². The minimum atomic E-state index is -0.544. The molecule has 0 radical (unpaired) electrons. The van der Waals surface area contributed by atoms with Gasteiger partial charge in [-0.1, -0.05) is 24.6 Å². The number of hydrogen-bond donors (Lipinski definition) is 0. The van der Waals surface area contributed by atoms with E-state index in [0.29, 0.717) is 24.7 Å². The molecule has 3 aromatic rings. The van der Waals surface area contributed by atoms with E-state index in [1.54, 1.807) is 17.0 Å². The quantitative estimate of drug-likeness (QED) is 0.595. The Morgan fingerprint density at radius 3 is 2.65 bits per heavy atom. The van der Waals surface area contributed by atoms with Crippen LogP contribution >= 0.6 is 22.9 Å². The van der Waals surface area contributed by atoms with Crippen LogP contribution in [0.5, 0.6) is 0 Å². The molecule has 162 valence electrons. The van der Waals surface area contributed by atoms with E-state index in [4.69, 9.17) is 11.6 Å². The van der Waals surface area contributed by atoms with E-state index >= 15 is 0 Å². The van der Waals surface area contributed by atoms with Crippen LogP contribution < -0.4 is 0 Å². The highest BCUT2D eigenvalue weighted by atomic mass is 35.5. The van der Waals surface area contributed by atoms with Crippen molar-refractivity contribution in [2.24, 2.45) is 0 Å². The predicted molar refractivity (Wildman–Crippen MR) is 121 cm³/mol. The van der Waals surface area contributed by atoms with Gasteiger partial charge in [0, 0.05) is 29.5 Å². The molecule has 2 aromatic heterocycles. The van der Waals surface area contributed by atoms with E-state index in [0.717, 1.165) is 17.0 Å². The number of hydrogen-bond acceptors (Lipinski definition) is 5. The monoisotopic (exact) mass is 457 g/mol. The molecule has 1 aliphatic rings. The lowest BCUT2D eigenvalue weighted by Crippen LogP contribution is -2.62. The van der Waals surface area contributed by atoms with Gasteiger partial charge in [0.15, 0.2) is 0 Å². The van der Waals surface area contributed by atoms with Gasteiger partial charge in [-0.15, -0.1) is 16.4 Å². The van der Waals surface area contributed by atoms with Crippen LogP contribution in [0.1, 0.15) is 45.9 Å². The molecule has 0 N–H and O–H groups in total. The van der Waals surface area contributed by atoms with Crippen LogP contribution in [0.25, 0.3) is 5.69 Å². The van der Waals surface area contributed by atoms with Gasteiger partial charge < -0.3 is 9.80 Å². The van der Waals surface area contributed by atoms with Crippen LogP contribution in [0.4, 0.5) is 0 Å². The summed E-state index contributed by atoms with van der Waals surface area (Å²) in [7, 11) is 0. The highest BCUT2D eigenvalue weighted by molar-refractivity contribution is 7.14. The lowest BCUT2D eigenvalue weighted by Gasteiger charge is -2.46. The van der Waals surface area contributed by atoms with Crippen molar-refractivity contribution in [2.75, 3.05) is 19.6 Å². The number of aryl methyl sites for hydroxylation is 1. The fourth-order valence-corrected chi connectivity index (χ4v) is 4.87. The largest absolute Gasteiger partial charge is 0.334 e. The van der Waals surface area contributed by atoms with Crippen molar-refractivity contribution in [1.29, 1.82) is 0 Å². The van der Waals surface area contributed by atoms with Crippen molar-refractivity contribution in [1.82, 2.24) is 24.6 Å². The van der Waals surface area contributed by atoms with Gasteiger partial charge in [0.25, 0.3) is 11.8 Å². The maximum atomic E-state index is 13.2. The van der Waals surface area contributed by atoms with E-state index < -0.39 is 5.54 Å². The average molecular weight is 458 g/mol. The molecule has 9 heteroatoms. The second kappa shape index (κ2) is 8.43. The molecular weight excluding hydrogens is 434 g/mol. The molecule has 0 unspecified atom stereocenters. The molecule has 0 aliphatic carbocycles. The minimum absolute atomic E-state index is 0.0215. The summed E-state index contributed by atoms with van der Waals surface area (Å²) in [5.41, 5.74) is 0.188. The smallest absolute Gasteiger partial charge is 0.294 e. The zero-order chi connectivity index (χ0) is 22.2. The lowest BCUT2D eigenvalue weighted by atomic mass is 9.98. The van der Waals surface area contributed by atoms with E-state index in [-0.39, 0.29) is 17.6 Å².